The average molecular weight is 491 g/mol. The van der Waals surface area contributed by atoms with Crippen molar-refractivity contribution >= 4 is 34.3 Å². The number of benzene rings is 3. The second kappa shape index (κ2) is 10.3. The van der Waals surface area contributed by atoms with Gasteiger partial charge in [0.1, 0.15) is 11.2 Å². The van der Waals surface area contributed by atoms with Crippen molar-refractivity contribution in [3.8, 4) is 5.69 Å². The van der Waals surface area contributed by atoms with Gasteiger partial charge in [-0.15, -0.1) is 0 Å². The van der Waals surface area contributed by atoms with E-state index in [9.17, 15) is 9.59 Å². The maximum atomic E-state index is 13.6. The van der Waals surface area contributed by atoms with E-state index in [2.05, 4.69) is 20.6 Å². The monoisotopic (exact) mass is 490 g/mol. The Morgan fingerprint density at radius 1 is 0.865 bits per heavy atom. The molecule has 3 aromatic carbocycles. The predicted molar refractivity (Wildman–Crippen MR) is 148 cm³/mol. The number of pyridine rings is 1. The molecule has 0 saturated heterocycles. The molecule has 0 unspecified atom stereocenters. The molecule has 0 atom stereocenters. The van der Waals surface area contributed by atoms with Gasteiger partial charge in [0.2, 0.25) is 0 Å². The molecule has 5 aromatic rings. The molecular formula is C29H26N6O2. The zero-order chi connectivity index (χ0) is 25.8. The summed E-state index contributed by atoms with van der Waals surface area (Å²) in [6.07, 6.45) is 2.03. The van der Waals surface area contributed by atoms with Crippen LogP contribution in [0.15, 0.2) is 102 Å². The Morgan fingerprint density at radius 2 is 1.62 bits per heavy atom. The number of fused-ring (bicyclic) bond motifs is 1. The fraction of sp³-hybridized carbons (Fsp3) is 0.103. The van der Waals surface area contributed by atoms with Crippen LogP contribution in [0.2, 0.25) is 0 Å². The minimum Gasteiger partial charge on any atom is -0.378 e. The Bertz CT molecular complexity index is 1610. The number of hydrogen-bond acceptors (Lipinski definition) is 5. The Hall–Kier alpha value is -4.98. The summed E-state index contributed by atoms with van der Waals surface area (Å²) >= 11 is 0. The van der Waals surface area contributed by atoms with Crippen LogP contribution in [-0.4, -0.2) is 34.7 Å². The molecule has 0 aliphatic heterocycles. The maximum absolute atomic E-state index is 13.6. The van der Waals surface area contributed by atoms with E-state index in [0.717, 1.165) is 11.3 Å². The summed E-state index contributed by atoms with van der Waals surface area (Å²) < 4.78 is 1.55. The number of amides is 2. The van der Waals surface area contributed by atoms with E-state index >= 15 is 0 Å². The number of carbonyl (C=O) groups is 1. The van der Waals surface area contributed by atoms with Gasteiger partial charge < -0.3 is 15.5 Å². The number of carbonyl (C=O) groups excluding carboxylic acids is 1. The van der Waals surface area contributed by atoms with E-state index < -0.39 is 0 Å². The summed E-state index contributed by atoms with van der Waals surface area (Å²) in [5.41, 5.74) is 5.06. The Labute approximate surface area is 214 Å². The van der Waals surface area contributed by atoms with Crippen LogP contribution < -0.4 is 21.1 Å². The second-order valence-electron chi connectivity index (χ2n) is 8.78. The number of urea groups is 1. The van der Waals surface area contributed by atoms with Gasteiger partial charge in [-0.1, -0.05) is 36.4 Å². The first kappa shape index (κ1) is 23.7. The molecule has 0 spiro atoms. The third-order valence-corrected chi connectivity index (χ3v) is 5.90. The third kappa shape index (κ3) is 5.33. The van der Waals surface area contributed by atoms with E-state index in [1.165, 1.54) is 0 Å². The number of aromatic nitrogens is 3. The van der Waals surface area contributed by atoms with Crippen molar-refractivity contribution in [2.45, 2.75) is 6.42 Å². The van der Waals surface area contributed by atoms with Gasteiger partial charge in [0.05, 0.1) is 5.69 Å². The minimum atomic E-state index is -0.385. The molecular weight excluding hydrogens is 464 g/mol. The summed E-state index contributed by atoms with van der Waals surface area (Å²) in [4.78, 5) is 37.3. The normalized spacial score (nSPS) is 10.8. The zero-order valence-electron chi connectivity index (χ0n) is 20.6. The van der Waals surface area contributed by atoms with Gasteiger partial charge in [-0.25, -0.2) is 14.8 Å². The first-order valence-corrected chi connectivity index (χ1v) is 11.8. The highest BCUT2D eigenvalue weighted by Crippen LogP contribution is 2.20. The predicted octanol–water partition coefficient (Wildman–Crippen LogP) is 5.08. The molecule has 8 heteroatoms. The van der Waals surface area contributed by atoms with Gasteiger partial charge in [0.25, 0.3) is 5.56 Å². The quantitative estimate of drug-likeness (QED) is 0.346. The molecule has 0 saturated carbocycles. The molecule has 0 bridgehead atoms. The van der Waals surface area contributed by atoms with Crippen molar-refractivity contribution < 1.29 is 4.79 Å². The Balaban J connectivity index is 1.45. The molecule has 2 heterocycles. The van der Waals surface area contributed by atoms with Crippen LogP contribution in [0.25, 0.3) is 16.9 Å². The van der Waals surface area contributed by atoms with Gasteiger partial charge in [-0.3, -0.25) is 9.36 Å². The molecule has 184 valence electrons. The Morgan fingerprint density at radius 3 is 2.38 bits per heavy atom. The van der Waals surface area contributed by atoms with Gasteiger partial charge in [-0.05, 0) is 60.2 Å². The highest BCUT2D eigenvalue weighted by Gasteiger charge is 2.15. The van der Waals surface area contributed by atoms with Crippen LogP contribution in [-0.2, 0) is 6.42 Å². The third-order valence-electron chi connectivity index (χ3n) is 5.90. The summed E-state index contributed by atoms with van der Waals surface area (Å²) in [5, 5.41) is 5.68. The van der Waals surface area contributed by atoms with Gasteiger partial charge in [-0.2, -0.15) is 0 Å². The molecule has 0 radical (unpaired) electrons. The molecule has 5 rings (SSSR count). The summed E-state index contributed by atoms with van der Waals surface area (Å²) in [7, 11) is 3.92. The van der Waals surface area contributed by atoms with Crippen molar-refractivity contribution in [3.05, 3.63) is 119 Å². The minimum absolute atomic E-state index is 0.252. The maximum Gasteiger partial charge on any atom is 0.323 e. The summed E-state index contributed by atoms with van der Waals surface area (Å²) in [6, 6.07) is 27.6. The lowest BCUT2D eigenvalue weighted by atomic mass is 10.1. The molecule has 2 amide bonds. The highest BCUT2D eigenvalue weighted by atomic mass is 16.2. The largest absolute Gasteiger partial charge is 0.378 e. The van der Waals surface area contributed by atoms with Crippen molar-refractivity contribution in [2.75, 3.05) is 29.6 Å². The van der Waals surface area contributed by atoms with Crippen LogP contribution in [0.3, 0.4) is 0 Å². The molecule has 2 aromatic heterocycles. The number of hydrogen-bond donors (Lipinski definition) is 2. The lowest BCUT2D eigenvalue weighted by Gasteiger charge is -2.14. The number of rotatable bonds is 6. The standard InChI is InChI=1S/C29H26N6O2/c1-34(2)23-15-13-21(14-16-23)31-29(37)32-22-10-6-11-24(19-22)35-27-25(12-7-17-30-27)33-26(28(35)36)18-20-8-4-3-5-9-20/h3-17,19H,18H2,1-2H3,(H2,31,32,37). The van der Waals surface area contributed by atoms with E-state index in [1.54, 1.807) is 35.0 Å². The van der Waals surface area contributed by atoms with Crippen molar-refractivity contribution in [3.63, 3.8) is 0 Å². The lowest BCUT2D eigenvalue weighted by molar-refractivity contribution is 0.262. The zero-order valence-corrected chi connectivity index (χ0v) is 20.6. The Kier molecular flexibility index (Phi) is 6.63. The molecule has 2 N–H and O–H groups in total. The first-order valence-electron chi connectivity index (χ1n) is 11.8. The number of nitrogens with zero attached hydrogens (tertiary/aromatic N) is 4. The van der Waals surface area contributed by atoms with E-state index in [4.69, 9.17) is 0 Å². The van der Waals surface area contributed by atoms with E-state index in [1.807, 2.05) is 85.7 Å². The highest BCUT2D eigenvalue weighted by molar-refractivity contribution is 6.00. The van der Waals surface area contributed by atoms with E-state index in [-0.39, 0.29) is 11.6 Å². The molecule has 0 aliphatic rings. The summed E-state index contributed by atoms with van der Waals surface area (Å²) in [6.45, 7) is 0. The van der Waals surface area contributed by atoms with E-state index in [0.29, 0.717) is 40.3 Å². The average Bonchev–Trinajstić information content (AvgIpc) is 2.90. The lowest BCUT2D eigenvalue weighted by Crippen LogP contribution is -2.25. The smallest absolute Gasteiger partial charge is 0.323 e. The molecule has 8 nitrogen and oxygen atoms in total. The van der Waals surface area contributed by atoms with Crippen LogP contribution in [0.1, 0.15) is 11.3 Å². The van der Waals surface area contributed by atoms with Crippen molar-refractivity contribution in [1.82, 2.24) is 14.5 Å². The van der Waals surface area contributed by atoms with Crippen LogP contribution in [0.4, 0.5) is 21.9 Å². The second-order valence-corrected chi connectivity index (χ2v) is 8.78. The van der Waals surface area contributed by atoms with Crippen molar-refractivity contribution in [1.29, 1.82) is 0 Å². The SMILES string of the molecule is CN(C)c1ccc(NC(=O)Nc2cccc(-n3c(=O)c(Cc4ccccc4)nc4cccnc43)c2)cc1. The first-order chi connectivity index (χ1) is 18.0. The molecule has 0 fully saturated rings. The van der Waals surface area contributed by atoms with Crippen LogP contribution in [0.5, 0.6) is 0 Å². The number of anilines is 3. The van der Waals surface area contributed by atoms with Gasteiger partial charge >= 0.3 is 6.03 Å². The summed E-state index contributed by atoms with van der Waals surface area (Å²) in [5.74, 6) is 0. The number of nitrogens with one attached hydrogen (secondary N) is 2. The van der Waals surface area contributed by atoms with Gasteiger partial charge in [0, 0.05) is 43.8 Å². The fourth-order valence-corrected chi connectivity index (χ4v) is 4.07. The fourth-order valence-electron chi connectivity index (χ4n) is 4.07. The van der Waals surface area contributed by atoms with Crippen LogP contribution >= 0.6 is 0 Å². The van der Waals surface area contributed by atoms with Crippen LogP contribution in [0, 0.1) is 0 Å². The van der Waals surface area contributed by atoms with Crippen molar-refractivity contribution in [2.24, 2.45) is 0 Å². The molecule has 0 aliphatic carbocycles. The molecule has 37 heavy (non-hydrogen) atoms. The topological polar surface area (TPSA) is 92.2 Å². The van der Waals surface area contributed by atoms with Gasteiger partial charge in [0.15, 0.2) is 5.65 Å².